The number of amides is 1. The van der Waals surface area contributed by atoms with Crippen molar-refractivity contribution >= 4 is 17.3 Å². The van der Waals surface area contributed by atoms with E-state index in [4.69, 9.17) is 10.5 Å². The summed E-state index contributed by atoms with van der Waals surface area (Å²) in [5, 5.41) is 2.95. The molecule has 1 saturated heterocycles. The fourth-order valence-corrected chi connectivity index (χ4v) is 2.64. The van der Waals surface area contributed by atoms with Crippen LogP contribution in [0.3, 0.4) is 0 Å². The van der Waals surface area contributed by atoms with Crippen molar-refractivity contribution in [1.82, 2.24) is 0 Å². The smallest absolute Gasteiger partial charge is 0.255 e. The molecule has 0 aromatic heterocycles. The van der Waals surface area contributed by atoms with Gasteiger partial charge in [-0.25, -0.2) is 0 Å². The van der Waals surface area contributed by atoms with Gasteiger partial charge in [-0.05, 0) is 35.9 Å². The zero-order valence-electron chi connectivity index (χ0n) is 13.0. The van der Waals surface area contributed by atoms with Crippen molar-refractivity contribution in [2.75, 3.05) is 36.5 Å². The molecule has 0 saturated carbocycles. The Morgan fingerprint density at radius 2 is 1.91 bits per heavy atom. The number of morpholine rings is 1. The lowest BCUT2D eigenvalue weighted by atomic mass is 10.1. The molecule has 0 radical (unpaired) electrons. The lowest BCUT2D eigenvalue weighted by Gasteiger charge is -2.29. The standard InChI is InChI=1S/C18H21N3O2/c19-13-14-3-1-4-15(11-14)18(22)20-16-5-2-6-17(12-16)21-7-9-23-10-8-21/h1-6,11-12H,7-10,13,19H2,(H,20,22). The SMILES string of the molecule is NCc1cccc(C(=O)Nc2cccc(N3CCOCC3)c2)c1. The first-order valence-electron chi connectivity index (χ1n) is 7.79. The molecular weight excluding hydrogens is 290 g/mol. The van der Waals surface area contributed by atoms with E-state index in [0.29, 0.717) is 12.1 Å². The van der Waals surface area contributed by atoms with Crippen molar-refractivity contribution in [2.45, 2.75) is 6.54 Å². The van der Waals surface area contributed by atoms with E-state index in [1.807, 2.05) is 36.4 Å². The van der Waals surface area contributed by atoms with Crippen molar-refractivity contribution in [3.8, 4) is 0 Å². The van der Waals surface area contributed by atoms with Crippen LogP contribution >= 0.6 is 0 Å². The summed E-state index contributed by atoms with van der Waals surface area (Å²) in [4.78, 5) is 14.6. The van der Waals surface area contributed by atoms with Gasteiger partial charge in [0.15, 0.2) is 0 Å². The second kappa shape index (κ2) is 7.26. The number of anilines is 2. The van der Waals surface area contributed by atoms with Crippen LogP contribution in [-0.2, 0) is 11.3 Å². The highest BCUT2D eigenvalue weighted by Crippen LogP contribution is 2.21. The Labute approximate surface area is 136 Å². The molecule has 2 aromatic rings. The third kappa shape index (κ3) is 3.88. The topological polar surface area (TPSA) is 67.6 Å². The number of hydrogen-bond donors (Lipinski definition) is 2. The van der Waals surface area contributed by atoms with Gasteiger partial charge in [-0.2, -0.15) is 0 Å². The number of ether oxygens (including phenoxy) is 1. The Hall–Kier alpha value is -2.37. The molecule has 0 bridgehead atoms. The average Bonchev–Trinajstić information content (AvgIpc) is 2.63. The van der Waals surface area contributed by atoms with Gasteiger partial charge in [0.2, 0.25) is 0 Å². The van der Waals surface area contributed by atoms with Crippen LogP contribution in [0, 0.1) is 0 Å². The quantitative estimate of drug-likeness (QED) is 0.908. The average molecular weight is 311 g/mol. The lowest BCUT2D eigenvalue weighted by molar-refractivity contribution is 0.102. The van der Waals surface area contributed by atoms with E-state index in [2.05, 4.69) is 16.3 Å². The fourth-order valence-electron chi connectivity index (χ4n) is 2.64. The Morgan fingerprint density at radius 1 is 1.13 bits per heavy atom. The van der Waals surface area contributed by atoms with Crippen molar-refractivity contribution in [3.05, 3.63) is 59.7 Å². The molecular formula is C18H21N3O2. The number of carbonyl (C=O) groups excluding carboxylic acids is 1. The fraction of sp³-hybridized carbons (Fsp3) is 0.278. The van der Waals surface area contributed by atoms with E-state index >= 15 is 0 Å². The van der Waals surface area contributed by atoms with Gasteiger partial charge in [-0.1, -0.05) is 18.2 Å². The van der Waals surface area contributed by atoms with Crippen LogP contribution in [0.4, 0.5) is 11.4 Å². The maximum absolute atomic E-state index is 12.4. The van der Waals surface area contributed by atoms with Crippen LogP contribution in [-0.4, -0.2) is 32.2 Å². The third-order valence-electron chi connectivity index (χ3n) is 3.91. The van der Waals surface area contributed by atoms with Crippen LogP contribution in [0.25, 0.3) is 0 Å². The molecule has 1 aliphatic heterocycles. The van der Waals surface area contributed by atoms with Gasteiger partial charge in [-0.3, -0.25) is 4.79 Å². The number of rotatable bonds is 4. The minimum Gasteiger partial charge on any atom is -0.378 e. The maximum Gasteiger partial charge on any atom is 0.255 e. The highest BCUT2D eigenvalue weighted by molar-refractivity contribution is 6.04. The Balaban J connectivity index is 1.73. The molecule has 0 aliphatic carbocycles. The third-order valence-corrected chi connectivity index (χ3v) is 3.91. The molecule has 5 heteroatoms. The number of nitrogens with two attached hydrogens (primary N) is 1. The van der Waals surface area contributed by atoms with E-state index < -0.39 is 0 Å². The van der Waals surface area contributed by atoms with E-state index in [0.717, 1.165) is 43.2 Å². The molecule has 1 fully saturated rings. The summed E-state index contributed by atoms with van der Waals surface area (Å²) in [7, 11) is 0. The van der Waals surface area contributed by atoms with Crippen molar-refractivity contribution in [2.24, 2.45) is 5.73 Å². The predicted molar refractivity (Wildman–Crippen MR) is 91.8 cm³/mol. The van der Waals surface area contributed by atoms with Gasteiger partial charge in [0, 0.05) is 36.6 Å². The summed E-state index contributed by atoms with van der Waals surface area (Å²) >= 11 is 0. The summed E-state index contributed by atoms with van der Waals surface area (Å²) in [6.07, 6.45) is 0. The first kappa shape index (κ1) is 15.5. The molecule has 2 aromatic carbocycles. The Bertz CT molecular complexity index is 681. The van der Waals surface area contributed by atoms with Crippen molar-refractivity contribution in [3.63, 3.8) is 0 Å². The number of hydrogen-bond acceptors (Lipinski definition) is 4. The van der Waals surface area contributed by atoms with Crippen LogP contribution in [0.15, 0.2) is 48.5 Å². The minimum atomic E-state index is -0.126. The first-order valence-corrected chi connectivity index (χ1v) is 7.79. The van der Waals surface area contributed by atoms with Gasteiger partial charge < -0.3 is 20.7 Å². The molecule has 0 atom stereocenters. The number of nitrogens with zero attached hydrogens (tertiary/aromatic N) is 1. The zero-order chi connectivity index (χ0) is 16.1. The summed E-state index contributed by atoms with van der Waals surface area (Å²) in [6, 6.07) is 15.3. The number of carbonyl (C=O) groups is 1. The summed E-state index contributed by atoms with van der Waals surface area (Å²) in [6.45, 7) is 3.64. The molecule has 23 heavy (non-hydrogen) atoms. The molecule has 1 aliphatic rings. The van der Waals surface area contributed by atoms with Crippen LogP contribution in [0.5, 0.6) is 0 Å². The Morgan fingerprint density at radius 3 is 2.70 bits per heavy atom. The van der Waals surface area contributed by atoms with Crippen LogP contribution in [0.2, 0.25) is 0 Å². The van der Waals surface area contributed by atoms with Gasteiger partial charge in [0.1, 0.15) is 0 Å². The van der Waals surface area contributed by atoms with E-state index in [1.54, 1.807) is 6.07 Å². The first-order chi connectivity index (χ1) is 11.3. The molecule has 120 valence electrons. The predicted octanol–water partition coefficient (Wildman–Crippen LogP) is 2.23. The Kier molecular flexibility index (Phi) is 4.90. The lowest BCUT2D eigenvalue weighted by Crippen LogP contribution is -2.36. The summed E-state index contributed by atoms with van der Waals surface area (Å²) in [5.74, 6) is -0.126. The van der Waals surface area contributed by atoms with Crippen molar-refractivity contribution in [1.29, 1.82) is 0 Å². The highest BCUT2D eigenvalue weighted by atomic mass is 16.5. The van der Waals surface area contributed by atoms with Crippen LogP contribution in [0.1, 0.15) is 15.9 Å². The van der Waals surface area contributed by atoms with Gasteiger partial charge in [-0.15, -0.1) is 0 Å². The van der Waals surface area contributed by atoms with Gasteiger partial charge in [0.05, 0.1) is 13.2 Å². The van der Waals surface area contributed by atoms with E-state index in [-0.39, 0.29) is 5.91 Å². The highest BCUT2D eigenvalue weighted by Gasteiger charge is 2.12. The molecule has 3 N–H and O–H groups in total. The molecule has 0 unspecified atom stereocenters. The minimum absolute atomic E-state index is 0.126. The van der Waals surface area contributed by atoms with Gasteiger partial charge in [0.25, 0.3) is 5.91 Å². The summed E-state index contributed by atoms with van der Waals surface area (Å²) < 4.78 is 5.37. The van der Waals surface area contributed by atoms with E-state index in [9.17, 15) is 4.79 Å². The maximum atomic E-state index is 12.4. The number of nitrogens with one attached hydrogen (secondary N) is 1. The second-order valence-electron chi connectivity index (χ2n) is 5.51. The molecule has 3 rings (SSSR count). The van der Waals surface area contributed by atoms with E-state index in [1.165, 1.54) is 0 Å². The van der Waals surface area contributed by atoms with Crippen LogP contribution < -0.4 is 16.0 Å². The summed E-state index contributed by atoms with van der Waals surface area (Å²) in [5.41, 5.74) is 9.07. The largest absolute Gasteiger partial charge is 0.378 e. The zero-order valence-corrected chi connectivity index (χ0v) is 13.0. The normalized spacial score (nSPS) is 14.6. The van der Waals surface area contributed by atoms with Crippen molar-refractivity contribution < 1.29 is 9.53 Å². The molecule has 0 spiro atoms. The second-order valence-corrected chi connectivity index (χ2v) is 5.51. The monoisotopic (exact) mass is 311 g/mol. The molecule has 1 amide bonds. The number of benzene rings is 2. The van der Waals surface area contributed by atoms with Gasteiger partial charge >= 0.3 is 0 Å². The molecule has 5 nitrogen and oxygen atoms in total. The molecule has 1 heterocycles.